The van der Waals surface area contributed by atoms with E-state index < -0.39 is 0 Å². The molecule has 3 atom stereocenters. The van der Waals surface area contributed by atoms with Gasteiger partial charge in [-0.2, -0.15) is 4.98 Å². The Morgan fingerprint density at radius 3 is 3.00 bits per heavy atom. The van der Waals surface area contributed by atoms with Crippen LogP contribution in [0.15, 0.2) is 27.9 Å². The molecule has 0 unspecified atom stereocenters. The number of pyridine rings is 1. The summed E-state index contributed by atoms with van der Waals surface area (Å²) >= 11 is 0. The maximum absolute atomic E-state index is 12.7. The van der Waals surface area contributed by atoms with E-state index in [2.05, 4.69) is 25.4 Å². The molecule has 1 aliphatic carbocycles. The number of rotatable bonds is 3. The number of aryl methyl sites for hydroxylation is 1. The Hall–Kier alpha value is -2.61. The molecule has 2 fully saturated rings. The van der Waals surface area contributed by atoms with E-state index in [1.54, 1.807) is 12.3 Å². The molecule has 1 aliphatic heterocycles. The predicted molar refractivity (Wildman–Crippen MR) is 84.5 cm³/mol. The fraction of sp³-hybridized carbons (Fsp3) is 0.438. The van der Waals surface area contributed by atoms with Crippen LogP contribution >= 0.6 is 0 Å². The zero-order valence-corrected chi connectivity index (χ0v) is 13.1. The minimum Gasteiger partial charge on any atom is -0.337 e. The zero-order chi connectivity index (χ0) is 16.3. The van der Waals surface area contributed by atoms with Crippen molar-refractivity contribution in [2.24, 2.45) is 11.8 Å². The Labute approximate surface area is 136 Å². The van der Waals surface area contributed by atoms with Gasteiger partial charge in [0.2, 0.25) is 5.89 Å². The van der Waals surface area contributed by atoms with Gasteiger partial charge in [0.05, 0.1) is 5.39 Å². The van der Waals surface area contributed by atoms with Crippen molar-refractivity contribution < 1.29 is 4.52 Å². The summed E-state index contributed by atoms with van der Waals surface area (Å²) in [7, 11) is 0. The Morgan fingerprint density at radius 2 is 2.17 bits per heavy atom. The highest BCUT2D eigenvalue weighted by atomic mass is 16.5. The fourth-order valence-corrected chi connectivity index (χ4v) is 3.75. The van der Waals surface area contributed by atoms with Crippen LogP contribution in [0.5, 0.6) is 0 Å². The zero-order valence-electron chi connectivity index (χ0n) is 13.1. The molecule has 1 saturated heterocycles. The van der Waals surface area contributed by atoms with Gasteiger partial charge in [-0.25, -0.2) is 9.97 Å². The highest BCUT2D eigenvalue weighted by Crippen LogP contribution is 2.54. The lowest BCUT2D eigenvalue weighted by atomic mass is 10.2. The number of piperidine rings is 1. The average molecular weight is 324 g/mol. The monoisotopic (exact) mass is 324 g/mol. The third-order valence-electron chi connectivity index (χ3n) is 5.11. The summed E-state index contributed by atoms with van der Waals surface area (Å²) in [5.41, 5.74) is 1.18. The first-order valence-corrected chi connectivity index (χ1v) is 8.06. The van der Waals surface area contributed by atoms with Gasteiger partial charge in [-0.3, -0.25) is 9.36 Å². The van der Waals surface area contributed by atoms with Gasteiger partial charge in [0.25, 0.3) is 5.56 Å². The molecular formula is C16H16N6O2. The molecule has 0 aromatic carbocycles. The molecule has 4 heterocycles. The Balaban J connectivity index is 1.45. The molecule has 24 heavy (non-hydrogen) atoms. The molecule has 1 N–H and O–H groups in total. The lowest BCUT2D eigenvalue weighted by Gasteiger charge is -2.04. The summed E-state index contributed by atoms with van der Waals surface area (Å²) in [6, 6.07) is 1.81. The third kappa shape index (κ3) is 1.99. The van der Waals surface area contributed by atoms with Crippen molar-refractivity contribution in [1.29, 1.82) is 0 Å². The third-order valence-corrected chi connectivity index (χ3v) is 5.11. The SMILES string of the molecule is Cc1ccnc2ncn(Cc3nc([C@H]4[C@@H]5CNC[C@@H]54)no3)c(=O)c12. The number of fused-ring (bicyclic) bond motifs is 2. The lowest BCUT2D eigenvalue weighted by Crippen LogP contribution is -2.22. The van der Waals surface area contributed by atoms with Gasteiger partial charge < -0.3 is 9.84 Å². The number of hydrogen-bond acceptors (Lipinski definition) is 7. The molecule has 1 saturated carbocycles. The maximum atomic E-state index is 12.7. The van der Waals surface area contributed by atoms with Crippen molar-refractivity contribution >= 4 is 11.0 Å². The Bertz CT molecular complexity index is 984. The largest absolute Gasteiger partial charge is 0.337 e. The fourth-order valence-electron chi connectivity index (χ4n) is 3.75. The topological polar surface area (TPSA) is 98.7 Å². The van der Waals surface area contributed by atoms with E-state index in [1.807, 2.05) is 6.92 Å². The van der Waals surface area contributed by atoms with E-state index in [0.717, 1.165) is 24.5 Å². The van der Waals surface area contributed by atoms with Crippen molar-refractivity contribution in [2.45, 2.75) is 19.4 Å². The molecule has 0 radical (unpaired) electrons. The van der Waals surface area contributed by atoms with Gasteiger partial charge in [-0.15, -0.1) is 0 Å². The lowest BCUT2D eigenvalue weighted by molar-refractivity contribution is 0.363. The molecule has 0 amide bonds. The molecule has 5 rings (SSSR count). The van der Waals surface area contributed by atoms with Crippen LogP contribution < -0.4 is 10.9 Å². The summed E-state index contributed by atoms with van der Waals surface area (Å²) in [5, 5.41) is 7.99. The van der Waals surface area contributed by atoms with E-state index in [-0.39, 0.29) is 12.1 Å². The molecule has 0 spiro atoms. The van der Waals surface area contributed by atoms with E-state index in [1.165, 1.54) is 10.9 Å². The van der Waals surface area contributed by atoms with Crippen LogP contribution in [0.1, 0.15) is 23.2 Å². The molecule has 0 bridgehead atoms. The van der Waals surface area contributed by atoms with Crippen LogP contribution in [0.4, 0.5) is 0 Å². The Kier molecular flexibility index (Phi) is 2.84. The number of aromatic nitrogens is 5. The minimum absolute atomic E-state index is 0.141. The van der Waals surface area contributed by atoms with Crippen molar-refractivity contribution in [3.63, 3.8) is 0 Å². The second-order valence-electron chi connectivity index (χ2n) is 6.56. The van der Waals surface area contributed by atoms with Gasteiger partial charge in [0.15, 0.2) is 11.5 Å². The predicted octanol–water partition coefficient (Wildman–Crippen LogP) is 0.464. The van der Waals surface area contributed by atoms with Crippen molar-refractivity contribution in [3.8, 4) is 0 Å². The van der Waals surface area contributed by atoms with Crippen LogP contribution in [0.25, 0.3) is 11.0 Å². The summed E-state index contributed by atoms with van der Waals surface area (Å²) in [6.07, 6.45) is 3.14. The molecule has 122 valence electrons. The van der Waals surface area contributed by atoms with Gasteiger partial charge >= 0.3 is 0 Å². The van der Waals surface area contributed by atoms with Gasteiger partial charge in [-0.05, 0) is 43.5 Å². The molecule has 2 aliphatic rings. The van der Waals surface area contributed by atoms with Crippen LogP contribution in [0.3, 0.4) is 0 Å². The quantitative estimate of drug-likeness (QED) is 0.747. The van der Waals surface area contributed by atoms with Gasteiger partial charge in [-0.1, -0.05) is 5.16 Å². The smallest absolute Gasteiger partial charge is 0.263 e. The highest BCUT2D eigenvalue weighted by Gasteiger charge is 2.55. The minimum atomic E-state index is -0.141. The summed E-state index contributed by atoms with van der Waals surface area (Å²) in [4.78, 5) is 25.5. The first kappa shape index (κ1) is 13.8. The second kappa shape index (κ2) is 4.94. The summed E-state index contributed by atoms with van der Waals surface area (Å²) < 4.78 is 6.84. The normalized spacial score (nSPS) is 25.1. The Morgan fingerprint density at radius 1 is 1.33 bits per heavy atom. The van der Waals surface area contributed by atoms with E-state index in [0.29, 0.717) is 34.7 Å². The van der Waals surface area contributed by atoms with Crippen LogP contribution in [0.2, 0.25) is 0 Å². The molecule has 3 aromatic heterocycles. The van der Waals surface area contributed by atoms with E-state index in [9.17, 15) is 4.79 Å². The van der Waals surface area contributed by atoms with Crippen molar-refractivity contribution in [2.75, 3.05) is 13.1 Å². The second-order valence-corrected chi connectivity index (χ2v) is 6.56. The molecule has 3 aromatic rings. The summed E-state index contributed by atoms with van der Waals surface area (Å²) in [5.74, 6) is 2.87. The van der Waals surface area contributed by atoms with Crippen molar-refractivity contribution in [1.82, 2.24) is 30.0 Å². The highest BCUT2D eigenvalue weighted by molar-refractivity contribution is 5.76. The first-order chi connectivity index (χ1) is 11.7. The molecule has 8 nitrogen and oxygen atoms in total. The molecule has 8 heteroatoms. The van der Waals surface area contributed by atoms with Crippen LogP contribution in [-0.2, 0) is 6.54 Å². The number of nitrogens with one attached hydrogen (secondary N) is 1. The van der Waals surface area contributed by atoms with Crippen LogP contribution in [0, 0.1) is 18.8 Å². The van der Waals surface area contributed by atoms with Crippen LogP contribution in [-0.4, -0.2) is 37.8 Å². The maximum Gasteiger partial charge on any atom is 0.263 e. The first-order valence-electron chi connectivity index (χ1n) is 8.06. The van der Waals surface area contributed by atoms with Crippen molar-refractivity contribution in [3.05, 3.63) is 46.2 Å². The summed E-state index contributed by atoms with van der Waals surface area (Å²) in [6.45, 7) is 4.16. The van der Waals surface area contributed by atoms with E-state index in [4.69, 9.17) is 4.52 Å². The standard InChI is InChI=1S/C16H16N6O2/c1-8-2-3-18-14-12(8)16(23)22(7-19-14)6-11-20-15(21-24-11)13-9-4-17-5-10(9)13/h2-3,7,9-10,13,17H,4-6H2,1H3/t9-,10+,13+. The molecular weight excluding hydrogens is 308 g/mol. The van der Waals surface area contributed by atoms with E-state index >= 15 is 0 Å². The van der Waals surface area contributed by atoms with Gasteiger partial charge in [0, 0.05) is 12.1 Å². The van der Waals surface area contributed by atoms with Gasteiger partial charge in [0.1, 0.15) is 12.9 Å². The number of hydrogen-bond donors (Lipinski definition) is 1. The number of nitrogens with zero attached hydrogens (tertiary/aromatic N) is 5. The average Bonchev–Trinajstić information content (AvgIpc) is 2.95.